The minimum Gasteiger partial charge on any atom is -0.340 e. The molecule has 0 spiro atoms. The zero-order chi connectivity index (χ0) is 22.9. The molecule has 1 fully saturated rings. The van der Waals surface area contributed by atoms with Crippen LogP contribution in [0.3, 0.4) is 0 Å². The molecule has 9 heteroatoms. The van der Waals surface area contributed by atoms with Gasteiger partial charge in [0.2, 0.25) is 15.9 Å². The van der Waals surface area contributed by atoms with E-state index in [1.54, 1.807) is 23.1 Å². The summed E-state index contributed by atoms with van der Waals surface area (Å²) in [4.78, 5) is 14.8. The first kappa shape index (κ1) is 22.5. The quantitative estimate of drug-likeness (QED) is 0.571. The Bertz CT molecular complexity index is 1230. The Labute approximate surface area is 193 Å². The van der Waals surface area contributed by atoms with E-state index in [0.717, 1.165) is 22.6 Å². The number of piperazine rings is 1. The summed E-state index contributed by atoms with van der Waals surface area (Å²) >= 11 is 6.09. The van der Waals surface area contributed by atoms with E-state index >= 15 is 0 Å². The van der Waals surface area contributed by atoms with Crippen LogP contribution in [-0.4, -0.2) is 59.5 Å². The number of hydrogen-bond acceptors (Lipinski definition) is 4. The molecule has 0 unspecified atom stereocenters. The summed E-state index contributed by atoms with van der Waals surface area (Å²) in [6.07, 6.45) is 0.238. The summed E-state index contributed by atoms with van der Waals surface area (Å²) in [6, 6.07) is 16.2. The van der Waals surface area contributed by atoms with Crippen molar-refractivity contribution in [2.75, 3.05) is 26.2 Å². The van der Waals surface area contributed by atoms with Crippen LogP contribution in [0.15, 0.2) is 59.5 Å². The van der Waals surface area contributed by atoms with Gasteiger partial charge < -0.3 is 4.90 Å². The molecule has 1 aliphatic rings. The summed E-state index contributed by atoms with van der Waals surface area (Å²) < 4.78 is 29.1. The van der Waals surface area contributed by atoms with E-state index in [1.165, 1.54) is 10.4 Å². The molecule has 2 aromatic carbocycles. The molecule has 1 amide bonds. The zero-order valence-corrected chi connectivity index (χ0v) is 19.6. The Morgan fingerprint density at radius 2 is 1.59 bits per heavy atom. The van der Waals surface area contributed by atoms with E-state index in [1.807, 2.05) is 48.9 Å². The second kappa shape index (κ2) is 9.05. The van der Waals surface area contributed by atoms with E-state index in [2.05, 4.69) is 5.10 Å². The maximum absolute atomic E-state index is 13.0. The summed E-state index contributed by atoms with van der Waals surface area (Å²) in [7, 11) is -3.69. The first-order chi connectivity index (χ1) is 15.3. The van der Waals surface area contributed by atoms with Crippen molar-refractivity contribution >= 4 is 27.5 Å². The number of amides is 1. The second-order valence-electron chi connectivity index (χ2n) is 7.79. The van der Waals surface area contributed by atoms with Crippen LogP contribution in [0.25, 0.3) is 5.69 Å². The van der Waals surface area contributed by atoms with Gasteiger partial charge in [-0.1, -0.05) is 41.9 Å². The third kappa shape index (κ3) is 4.30. The lowest BCUT2D eigenvalue weighted by molar-refractivity contribution is -0.131. The van der Waals surface area contributed by atoms with Crippen LogP contribution in [0.5, 0.6) is 0 Å². The van der Waals surface area contributed by atoms with Gasteiger partial charge in [-0.15, -0.1) is 0 Å². The fraction of sp³-hybridized carbons (Fsp3) is 0.304. The SMILES string of the molecule is Cc1nn(-c2ccccc2)c(C)c1CC(=O)N1CCN(S(=O)(=O)c2ccccc2Cl)CC1. The fourth-order valence-electron chi connectivity index (χ4n) is 3.99. The van der Waals surface area contributed by atoms with E-state index in [4.69, 9.17) is 11.6 Å². The predicted octanol–water partition coefficient (Wildman–Crippen LogP) is 3.22. The van der Waals surface area contributed by atoms with Crippen LogP contribution in [0.2, 0.25) is 5.02 Å². The molecule has 1 aliphatic heterocycles. The van der Waals surface area contributed by atoms with Crippen LogP contribution in [0.1, 0.15) is 17.0 Å². The van der Waals surface area contributed by atoms with Gasteiger partial charge in [0, 0.05) is 37.4 Å². The summed E-state index contributed by atoms with van der Waals surface area (Å²) in [5.41, 5.74) is 3.61. The maximum Gasteiger partial charge on any atom is 0.244 e. The van der Waals surface area contributed by atoms with Crippen molar-refractivity contribution in [3.8, 4) is 5.69 Å². The molecule has 0 radical (unpaired) electrons. The normalized spacial score (nSPS) is 15.2. The molecule has 0 bridgehead atoms. The van der Waals surface area contributed by atoms with Gasteiger partial charge in [0.05, 0.1) is 22.8 Å². The summed E-state index contributed by atoms with van der Waals surface area (Å²) in [5.74, 6) is -0.0291. The molecule has 4 rings (SSSR count). The van der Waals surface area contributed by atoms with Crippen molar-refractivity contribution in [3.05, 3.63) is 76.6 Å². The molecule has 2 heterocycles. The van der Waals surface area contributed by atoms with Gasteiger partial charge >= 0.3 is 0 Å². The molecule has 32 heavy (non-hydrogen) atoms. The van der Waals surface area contributed by atoms with Gasteiger partial charge in [-0.3, -0.25) is 4.79 Å². The number of aryl methyl sites for hydroxylation is 1. The van der Waals surface area contributed by atoms with E-state index in [9.17, 15) is 13.2 Å². The lowest BCUT2D eigenvalue weighted by Crippen LogP contribution is -2.50. The number of hydrogen-bond donors (Lipinski definition) is 0. The molecule has 1 aromatic heterocycles. The van der Waals surface area contributed by atoms with Gasteiger partial charge in [-0.25, -0.2) is 13.1 Å². The average molecular weight is 473 g/mol. The van der Waals surface area contributed by atoms with Crippen molar-refractivity contribution < 1.29 is 13.2 Å². The van der Waals surface area contributed by atoms with Crippen LogP contribution in [-0.2, 0) is 21.2 Å². The number of carbonyl (C=O) groups excluding carboxylic acids is 1. The van der Waals surface area contributed by atoms with Crippen molar-refractivity contribution in [1.82, 2.24) is 19.0 Å². The van der Waals surface area contributed by atoms with Crippen molar-refractivity contribution in [2.45, 2.75) is 25.2 Å². The highest BCUT2D eigenvalue weighted by atomic mass is 35.5. The van der Waals surface area contributed by atoms with Crippen LogP contribution < -0.4 is 0 Å². The number of para-hydroxylation sites is 1. The Kier molecular flexibility index (Phi) is 6.37. The molecular weight excluding hydrogens is 448 g/mol. The topological polar surface area (TPSA) is 75.5 Å². The highest BCUT2D eigenvalue weighted by Gasteiger charge is 2.31. The van der Waals surface area contributed by atoms with Gasteiger partial charge in [0.25, 0.3) is 0 Å². The number of rotatable bonds is 5. The van der Waals surface area contributed by atoms with E-state index in [0.29, 0.717) is 13.1 Å². The van der Waals surface area contributed by atoms with Crippen LogP contribution >= 0.6 is 11.6 Å². The predicted molar refractivity (Wildman–Crippen MR) is 124 cm³/mol. The van der Waals surface area contributed by atoms with E-state index < -0.39 is 10.0 Å². The number of aromatic nitrogens is 2. The third-order valence-electron chi connectivity index (χ3n) is 5.82. The van der Waals surface area contributed by atoms with Gasteiger partial charge in [0.1, 0.15) is 4.90 Å². The Balaban J connectivity index is 1.44. The van der Waals surface area contributed by atoms with Crippen LogP contribution in [0, 0.1) is 13.8 Å². The second-order valence-corrected chi connectivity index (χ2v) is 10.1. The highest BCUT2D eigenvalue weighted by Crippen LogP contribution is 2.25. The first-order valence-electron chi connectivity index (χ1n) is 10.4. The minimum absolute atomic E-state index is 0.0291. The largest absolute Gasteiger partial charge is 0.340 e. The van der Waals surface area contributed by atoms with Gasteiger partial charge in [-0.05, 0) is 38.1 Å². The van der Waals surface area contributed by atoms with Gasteiger partial charge in [-0.2, -0.15) is 9.40 Å². The number of carbonyl (C=O) groups is 1. The third-order valence-corrected chi connectivity index (χ3v) is 8.21. The fourth-order valence-corrected chi connectivity index (χ4v) is 5.90. The number of sulfonamides is 1. The molecule has 0 atom stereocenters. The number of nitrogens with zero attached hydrogens (tertiary/aromatic N) is 4. The molecule has 0 N–H and O–H groups in total. The monoisotopic (exact) mass is 472 g/mol. The molecule has 7 nitrogen and oxygen atoms in total. The molecular formula is C23H25ClN4O3S. The first-order valence-corrected chi connectivity index (χ1v) is 12.2. The Morgan fingerprint density at radius 3 is 2.25 bits per heavy atom. The maximum atomic E-state index is 13.0. The minimum atomic E-state index is -3.69. The standard InChI is InChI=1S/C23H25ClN4O3S/c1-17-20(18(2)28(25-17)19-8-4-3-5-9-19)16-23(29)26-12-14-27(15-13-26)32(30,31)22-11-7-6-10-21(22)24/h3-11H,12-16H2,1-2H3. The molecule has 0 aliphatic carbocycles. The summed E-state index contributed by atoms with van der Waals surface area (Å²) in [6.45, 7) is 5.02. The number of benzene rings is 2. The average Bonchev–Trinajstić information content (AvgIpc) is 3.08. The van der Waals surface area contributed by atoms with Gasteiger partial charge in [0.15, 0.2) is 0 Å². The van der Waals surface area contributed by atoms with Crippen molar-refractivity contribution in [3.63, 3.8) is 0 Å². The Morgan fingerprint density at radius 1 is 0.969 bits per heavy atom. The summed E-state index contributed by atoms with van der Waals surface area (Å²) in [5, 5.41) is 4.81. The van der Waals surface area contributed by atoms with Crippen molar-refractivity contribution in [1.29, 1.82) is 0 Å². The van der Waals surface area contributed by atoms with E-state index in [-0.39, 0.29) is 35.3 Å². The van der Waals surface area contributed by atoms with Crippen LogP contribution in [0.4, 0.5) is 0 Å². The Hall–Kier alpha value is -2.68. The molecule has 168 valence electrons. The molecule has 0 saturated carbocycles. The van der Waals surface area contributed by atoms with Crippen molar-refractivity contribution in [2.24, 2.45) is 0 Å². The lowest BCUT2D eigenvalue weighted by atomic mass is 10.1. The number of halogens is 1. The highest BCUT2D eigenvalue weighted by molar-refractivity contribution is 7.89. The lowest BCUT2D eigenvalue weighted by Gasteiger charge is -2.34. The zero-order valence-electron chi connectivity index (χ0n) is 18.0. The smallest absolute Gasteiger partial charge is 0.244 e. The molecule has 1 saturated heterocycles. The molecule has 3 aromatic rings.